The fourth-order valence-electron chi connectivity index (χ4n) is 1.93. The molecule has 20 heavy (non-hydrogen) atoms. The quantitative estimate of drug-likeness (QED) is 0.560. The molecule has 1 saturated heterocycles. The first-order valence-corrected chi connectivity index (χ1v) is 11.1. The Morgan fingerprint density at radius 3 is 2.50 bits per heavy atom. The van der Waals surface area contributed by atoms with Crippen molar-refractivity contribution in [3.8, 4) is 0 Å². The van der Waals surface area contributed by atoms with Crippen LogP contribution in [0.25, 0.3) is 0 Å². The molecule has 0 N–H and O–H groups in total. The van der Waals surface area contributed by atoms with Crippen molar-refractivity contribution in [1.29, 1.82) is 0 Å². The highest BCUT2D eigenvalue weighted by molar-refractivity contribution is 9.09. The highest BCUT2D eigenvalue weighted by atomic mass is 79.9. The Bertz CT molecular complexity index is 344. The van der Waals surface area contributed by atoms with Crippen LogP contribution < -0.4 is 0 Å². The van der Waals surface area contributed by atoms with Gasteiger partial charge in [-0.15, -0.1) is 0 Å². The van der Waals surface area contributed by atoms with E-state index in [0.29, 0.717) is 18.0 Å². The Balaban J connectivity index is 2.71. The maximum Gasteiger partial charge on any atom is 0.409 e. The van der Waals surface area contributed by atoms with Crippen LogP contribution in [0.1, 0.15) is 34.1 Å². The number of carbonyl (C=O) groups is 1. The number of hydrogen-bond acceptors (Lipinski definition) is 3. The molecule has 1 heterocycles. The number of piperidine rings is 1. The van der Waals surface area contributed by atoms with E-state index in [9.17, 15) is 4.79 Å². The van der Waals surface area contributed by atoms with Gasteiger partial charge < -0.3 is 14.1 Å². The SMILES string of the molecule is CCOC(=O)N1CC[C@H](Br)[C@@H](O[Si](C)(C)C(C)(C)C)C1. The van der Waals surface area contributed by atoms with Crippen molar-refractivity contribution < 1.29 is 14.0 Å². The first-order chi connectivity index (χ1) is 9.08. The van der Waals surface area contributed by atoms with Gasteiger partial charge in [0.05, 0.1) is 19.3 Å². The number of amides is 1. The monoisotopic (exact) mass is 365 g/mol. The Labute approximate surface area is 132 Å². The van der Waals surface area contributed by atoms with Crippen LogP contribution in [-0.2, 0) is 9.16 Å². The molecule has 0 aromatic heterocycles. The third-order valence-corrected chi connectivity index (χ3v) is 9.81. The van der Waals surface area contributed by atoms with Crippen LogP contribution in [0, 0.1) is 0 Å². The van der Waals surface area contributed by atoms with Gasteiger partial charge in [0.1, 0.15) is 0 Å². The van der Waals surface area contributed by atoms with Crippen molar-refractivity contribution >= 4 is 30.3 Å². The van der Waals surface area contributed by atoms with Crippen LogP contribution in [0.4, 0.5) is 4.79 Å². The van der Waals surface area contributed by atoms with E-state index in [1.165, 1.54) is 0 Å². The predicted octanol–water partition coefficient (Wildman–Crippen LogP) is 4.00. The van der Waals surface area contributed by atoms with Gasteiger partial charge >= 0.3 is 6.09 Å². The van der Waals surface area contributed by atoms with Crippen LogP contribution in [0.15, 0.2) is 0 Å². The van der Waals surface area contributed by atoms with E-state index in [-0.39, 0.29) is 17.2 Å². The maximum atomic E-state index is 11.9. The molecule has 4 nitrogen and oxygen atoms in total. The zero-order chi connectivity index (χ0) is 15.6. The summed E-state index contributed by atoms with van der Waals surface area (Å²) in [6.45, 7) is 14.8. The lowest BCUT2D eigenvalue weighted by atomic mass is 10.1. The Hall–Kier alpha value is -0.0731. The minimum absolute atomic E-state index is 0.0500. The van der Waals surface area contributed by atoms with E-state index in [2.05, 4.69) is 49.8 Å². The topological polar surface area (TPSA) is 38.8 Å². The molecule has 0 radical (unpaired) electrons. The summed E-state index contributed by atoms with van der Waals surface area (Å²) in [5, 5.41) is 0.173. The largest absolute Gasteiger partial charge is 0.450 e. The molecular weight excluding hydrogens is 338 g/mol. The minimum atomic E-state index is -1.83. The Kier molecular flexibility index (Phi) is 6.10. The van der Waals surface area contributed by atoms with Crippen LogP contribution in [-0.4, -0.2) is 49.9 Å². The number of hydrogen-bond donors (Lipinski definition) is 0. The molecular formula is C14H28BrNO3Si. The Morgan fingerprint density at radius 1 is 1.40 bits per heavy atom. The predicted molar refractivity (Wildman–Crippen MR) is 88.0 cm³/mol. The van der Waals surface area contributed by atoms with Crippen molar-refractivity contribution in [2.24, 2.45) is 0 Å². The van der Waals surface area contributed by atoms with Crippen molar-refractivity contribution in [2.75, 3.05) is 19.7 Å². The van der Waals surface area contributed by atoms with Crippen LogP contribution in [0.5, 0.6) is 0 Å². The summed E-state index contributed by atoms with van der Waals surface area (Å²) in [5.74, 6) is 0. The first-order valence-electron chi connectivity index (χ1n) is 7.32. The fraction of sp³-hybridized carbons (Fsp3) is 0.929. The molecule has 0 unspecified atom stereocenters. The summed E-state index contributed by atoms with van der Waals surface area (Å²) in [5.41, 5.74) is 0. The van der Waals surface area contributed by atoms with Gasteiger partial charge in [0.2, 0.25) is 0 Å². The fourth-order valence-corrected chi connectivity index (χ4v) is 3.96. The molecule has 2 atom stereocenters. The maximum absolute atomic E-state index is 11.9. The van der Waals surface area contributed by atoms with Crippen molar-refractivity contribution in [1.82, 2.24) is 4.90 Å². The molecule has 6 heteroatoms. The third kappa shape index (κ3) is 4.46. The van der Waals surface area contributed by atoms with Crippen molar-refractivity contribution in [3.05, 3.63) is 0 Å². The van der Waals surface area contributed by atoms with Gasteiger partial charge in [0.25, 0.3) is 0 Å². The molecule has 118 valence electrons. The summed E-state index contributed by atoms with van der Waals surface area (Å²) in [6, 6.07) is 0. The number of rotatable bonds is 3. The second-order valence-electron chi connectivity index (χ2n) is 6.87. The van der Waals surface area contributed by atoms with Gasteiger partial charge in [-0.3, -0.25) is 0 Å². The third-order valence-electron chi connectivity index (χ3n) is 4.26. The van der Waals surface area contributed by atoms with E-state index >= 15 is 0 Å². The van der Waals surface area contributed by atoms with Gasteiger partial charge in [-0.25, -0.2) is 4.79 Å². The molecule has 1 amide bonds. The molecule has 0 bridgehead atoms. The van der Waals surface area contributed by atoms with Crippen molar-refractivity contribution in [3.63, 3.8) is 0 Å². The van der Waals surface area contributed by atoms with E-state index in [1.54, 1.807) is 4.90 Å². The highest BCUT2D eigenvalue weighted by Gasteiger charge is 2.42. The summed E-state index contributed by atoms with van der Waals surface area (Å²) < 4.78 is 11.5. The molecule has 1 rings (SSSR count). The van der Waals surface area contributed by atoms with E-state index < -0.39 is 8.32 Å². The summed E-state index contributed by atoms with van der Waals surface area (Å²) in [6.07, 6.45) is 0.725. The molecule has 1 aliphatic rings. The summed E-state index contributed by atoms with van der Waals surface area (Å²) in [4.78, 5) is 13.9. The summed E-state index contributed by atoms with van der Waals surface area (Å²) >= 11 is 3.71. The Morgan fingerprint density at radius 2 is 2.00 bits per heavy atom. The minimum Gasteiger partial charge on any atom is -0.450 e. The standard InChI is InChI=1S/C14H28BrNO3Si/c1-7-18-13(17)16-9-8-11(15)12(10-16)19-20(5,6)14(2,3)4/h11-12H,7-10H2,1-6H3/t11-,12-/m0/s1. The van der Waals surface area contributed by atoms with E-state index in [4.69, 9.17) is 9.16 Å². The lowest BCUT2D eigenvalue weighted by Crippen LogP contribution is -2.54. The number of nitrogens with zero attached hydrogens (tertiary/aromatic N) is 1. The van der Waals surface area contributed by atoms with Gasteiger partial charge in [0, 0.05) is 11.4 Å². The molecule has 0 saturated carbocycles. The molecule has 0 spiro atoms. The molecule has 1 aliphatic heterocycles. The summed E-state index contributed by atoms with van der Waals surface area (Å²) in [7, 11) is -1.83. The zero-order valence-corrected chi connectivity index (χ0v) is 16.1. The van der Waals surface area contributed by atoms with E-state index in [0.717, 1.165) is 13.0 Å². The van der Waals surface area contributed by atoms with Gasteiger partial charge in [-0.1, -0.05) is 36.7 Å². The number of carbonyl (C=O) groups excluding carboxylic acids is 1. The lowest BCUT2D eigenvalue weighted by molar-refractivity contribution is 0.0599. The number of alkyl halides is 1. The molecule has 1 fully saturated rings. The number of likely N-dealkylation sites (tertiary alicyclic amines) is 1. The van der Waals surface area contributed by atoms with Gasteiger partial charge in [-0.05, 0) is 31.5 Å². The van der Waals surface area contributed by atoms with Crippen LogP contribution in [0.3, 0.4) is 0 Å². The van der Waals surface area contributed by atoms with Crippen LogP contribution >= 0.6 is 15.9 Å². The molecule has 0 aromatic rings. The second kappa shape index (κ2) is 6.79. The average molecular weight is 366 g/mol. The normalized spacial score (nSPS) is 24.6. The van der Waals surface area contributed by atoms with E-state index in [1.807, 2.05) is 6.92 Å². The highest BCUT2D eigenvalue weighted by Crippen LogP contribution is 2.39. The zero-order valence-electron chi connectivity index (χ0n) is 13.5. The van der Waals surface area contributed by atoms with Gasteiger partial charge in [0.15, 0.2) is 8.32 Å². The molecule has 0 aliphatic carbocycles. The van der Waals surface area contributed by atoms with Crippen molar-refractivity contribution in [2.45, 2.75) is 63.2 Å². The smallest absolute Gasteiger partial charge is 0.409 e. The lowest BCUT2D eigenvalue weighted by Gasteiger charge is -2.43. The number of halogens is 1. The van der Waals surface area contributed by atoms with Crippen LogP contribution in [0.2, 0.25) is 18.1 Å². The number of ether oxygens (including phenoxy) is 1. The first kappa shape index (κ1) is 18.0. The average Bonchev–Trinajstić information content (AvgIpc) is 2.30. The molecule has 0 aromatic carbocycles. The van der Waals surface area contributed by atoms with Gasteiger partial charge in [-0.2, -0.15) is 0 Å². The second-order valence-corrected chi connectivity index (χ2v) is 12.8.